The molecular formula is C14H19N3O2S2. The number of nitrogens with zero attached hydrogens (tertiary/aromatic N) is 2. The SMILES string of the molecule is CSc1ccc(S(=O)(=O)NCCCCn2ccnc2)cc1. The van der Waals surface area contributed by atoms with Crippen LogP contribution < -0.4 is 4.72 Å². The first-order chi connectivity index (χ1) is 10.1. The first-order valence-electron chi connectivity index (χ1n) is 6.71. The third-order valence-electron chi connectivity index (χ3n) is 3.06. The van der Waals surface area contributed by atoms with Gasteiger partial charge in [0.15, 0.2) is 0 Å². The van der Waals surface area contributed by atoms with E-state index < -0.39 is 10.0 Å². The predicted molar refractivity (Wildman–Crippen MR) is 84.9 cm³/mol. The first-order valence-corrected chi connectivity index (χ1v) is 9.42. The average Bonchev–Trinajstić information content (AvgIpc) is 3.00. The largest absolute Gasteiger partial charge is 0.337 e. The van der Waals surface area contributed by atoms with E-state index in [4.69, 9.17) is 0 Å². The molecule has 1 N–H and O–H groups in total. The second-order valence-electron chi connectivity index (χ2n) is 4.58. The molecule has 0 aliphatic heterocycles. The molecule has 2 aromatic rings. The average molecular weight is 325 g/mol. The molecule has 1 heterocycles. The molecule has 0 unspecified atom stereocenters. The van der Waals surface area contributed by atoms with Gasteiger partial charge >= 0.3 is 0 Å². The highest BCUT2D eigenvalue weighted by Crippen LogP contribution is 2.17. The summed E-state index contributed by atoms with van der Waals surface area (Å²) in [6.45, 7) is 1.30. The number of aryl methyl sites for hydroxylation is 1. The van der Waals surface area contributed by atoms with Gasteiger partial charge in [0.1, 0.15) is 0 Å². The van der Waals surface area contributed by atoms with Gasteiger partial charge in [-0.15, -0.1) is 11.8 Å². The normalized spacial score (nSPS) is 11.7. The van der Waals surface area contributed by atoms with Crippen LogP contribution in [0.1, 0.15) is 12.8 Å². The van der Waals surface area contributed by atoms with Crippen molar-refractivity contribution in [1.29, 1.82) is 0 Å². The van der Waals surface area contributed by atoms with Crippen LogP contribution in [0.5, 0.6) is 0 Å². The van der Waals surface area contributed by atoms with Crippen molar-refractivity contribution in [3.8, 4) is 0 Å². The number of hydrogen-bond donors (Lipinski definition) is 1. The number of sulfonamides is 1. The topological polar surface area (TPSA) is 64.0 Å². The lowest BCUT2D eigenvalue weighted by Crippen LogP contribution is -2.24. The maximum atomic E-state index is 12.1. The Bertz CT molecular complexity index is 637. The highest BCUT2D eigenvalue weighted by Gasteiger charge is 2.12. The van der Waals surface area contributed by atoms with Crippen molar-refractivity contribution < 1.29 is 8.42 Å². The molecule has 0 amide bonds. The van der Waals surface area contributed by atoms with Crippen molar-refractivity contribution in [2.24, 2.45) is 0 Å². The van der Waals surface area contributed by atoms with Gasteiger partial charge in [-0.2, -0.15) is 0 Å². The van der Waals surface area contributed by atoms with Gasteiger partial charge in [0.05, 0.1) is 11.2 Å². The smallest absolute Gasteiger partial charge is 0.240 e. The summed E-state index contributed by atoms with van der Waals surface area (Å²) in [5.74, 6) is 0. The molecule has 0 fully saturated rings. The standard InChI is InChI=1S/C14H19N3O2S2/c1-20-13-4-6-14(7-5-13)21(18,19)16-8-2-3-10-17-11-9-15-12-17/h4-7,9,11-12,16H,2-3,8,10H2,1H3. The molecule has 1 aromatic heterocycles. The van der Waals surface area contributed by atoms with Gasteiger partial charge in [-0.05, 0) is 43.4 Å². The van der Waals surface area contributed by atoms with E-state index >= 15 is 0 Å². The molecule has 5 nitrogen and oxygen atoms in total. The zero-order valence-corrected chi connectivity index (χ0v) is 13.5. The van der Waals surface area contributed by atoms with Gasteiger partial charge in [0.25, 0.3) is 0 Å². The van der Waals surface area contributed by atoms with Gasteiger partial charge in [-0.1, -0.05) is 0 Å². The van der Waals surface area contributed by atoms with Crippen LogP contribution in [-0.2, 0) is 16.6 Å². The van der Waals surface area contributed by atoms with E-state index in [1.165, 1.54) is 0 Å². The number of hydrogen-bond acceptors (Lipinski definition) is 4. The summed E-state index contributed by atoms with van der Waals surface area (Å²) in [5, 5.41) is 0. The number of thioether (sulfide) groups is 1. The lowest BCUT2D eigenvalue weighted by Gasteiger charge is -2.07. The number of imidazole rings is 1. The molecule has 0 spiro atoms. The number of aromatic nitrogens is 2. The van der Waals surface area contributed by atoms with E-state index in [0.29, 0.717) is 11.4 Å². The van der Waals surface area contributed by atoms with Gasteiger partial charge in [0, 0.05) is 30.4 Å². The van der Waals surface area contributed by atoms with Crippen molar-refractivity contribution in [3.63, 3.8) is 0 Å². The molecule has 21 heavy (non-hydrogen) atoms. The fourth-order valence-corrected chi connectivity index (χ4v) is 3.37. The molecule has 2 rings (SSSR count). The molecule has 0 aliphatic rings. The number of nitrogens with one attached hydrogen (secondary N) is 1. The van der Waals surface area contributed by atoms with Crippen molar-refractivity contribution in [1.82, 2.24) is 14.3 Å². The zero-order chi connectivity index (χ0) is 15.1. The number of rotatable bonds is 8. The van der Waals surface area contributed by atoms with E-state index in [1.807, 2.05) is 29.2 Å². The number of unbranched alkanes of at least 4 members (excludes halogenated alkanes) is 1. The van der Waals surface area contributed by atoms with Crippen LogP contribution in [0.2, 0.25) is 0 Å². The fourth-order valence-electron chi connectivity index (χ4n) is 1.88. The first kappa shape index (κ1) is 16.1. The van der Waals surface area contributed by atoms with Gasteiger partial charge in [-0.3, -0.25) is 0 Å². The Hall–Kier alpha value is -1.31. The van der Waals surface area contributed by atoms with Gasteiger partial charge in [0.2, 0.25) is 10.0 Å². The van der Waals surface area contributed by atoms with E-state index in [2.05, 4.69) is 9.71 Å². The molecular weight excluding hydrogens is 306 g/mol. The highest BCUT2D eigenvalue weighted by molar-refractivity contribution is 7.98. The maximum Gasteiger partial charge on any atom is 0.240 e. The Morgan fingerprint density at radius 1 is 1.24 bits per heavy atom. The lowest BCUT2D eigenvalue weighted by molar-refractivity contribution is 0.566. The van der Waals surface area contributed by atoms with E-state index in [0.717, 1.165) is 24.3 Å². The van der Waals surface area contributed by atoms with Crippen LogP contribution in [0.3, 0.4) is 0 Å². The Morgan fingerprint density at radius 3 is 2.62 bits per heavy atom. The molecule has 114 valence electrons. The molecule has 0 atom stereocenters. The Morgan fingerprint density at radius 2 is 2.00 bits per heavy atom. The number of benzene rings is 1. The fraction of sp³-hybridized carbons (Fsp3) is 0.357. The Labute approximate surface area is 129 Å². The second kappa shape index (κ2) is 7.63. The second-order valence-corrected chi connectivity index (χ2v) is 7.23. The summed E-state index contributed by atoms with van der Waals surface area (Å²) in [7, 11) is -3.40. The van der Waals surface area contributed by atoms with Gasteiger partial charge < -0.3 is 4.57 Å². The van der Waals surface area contributed by atoms with E-state index in [-0.39, 0.29) is 0 Å². The summed E-state index contributed by atoms with van der Waals surface area (Å²) < 4.78 is 28.8. The van der Waals surface area contributed by atoms with Crippen LogP contribution in [0, 0.1) is 0 Å². The lowest BCUT2D eigenvalue weighted by atomic mass is 10.3. The minimum atomic E-state index is -3.40. The maximum absolute atomic E-state index is 12.1. The van der Waals surface area contributed by atoms with Crippen molar-refractivity contribution in [3.05, 3.63) is 43.0 Å². The molecule has 0 saturated carbocycles. The van der Waals surface area contributed by atoms with Gasteiger partial charge in [-0.25, -0.2) is 18.1 Å². The highest BCUT2D eigenvalue weighted by atomic mass is 32.2. The zero-order valence-electron chi connectivity index (χ0n) is 11.9. The third kappa shape index (κ3) is 4.87. The van der Waals surface area contributed by atoms with Crippen LogP contribution in [0.25, 0.3) is 0 Å². The summed E-state index contributed by atoms with van der Waals surface area (Å²) in [6, 6.07) is 6.91. The summed E-state index contributed by atoms with van der Waals surface area (Å²) >= 11 is 1.59. The van der Waals surface area contributed by atoms with Crippen molar-refractivity contribution in [2.75, 3.05) is 12.8 Å². The van der Waals surface area contributed by atoms with Crippen LogP contribution in [-0.4, -0.2) is 30.8 Å². The monoisotopic (exact) mass is 325 g/mol. The van der Waals surface area contributed by atoms with Crippen LogP contribution in [0.15, 0.2) is 52.8 Å². The Kier molecular flexibility index (Phi) is 5.84. The Balaban J connectivity index is 1.78. The quantitative estimate of drug-likeness (QED) is 0.598. The molecule has 0 bridgehead atoms. The molecule has 0 radical (unpaired) electrons. The predicted octanol–water partition coefficient (Wildman–Crippen LogP) is 2.36. The third-order valence-corrected chi connectivity index (χ3v) is 5.28. The molecule has 0 aliphatic carbocycles. The van der Waals surface area contributed by atoms with Crippen molar-refractivity contribution >= 4 is 21.8 Å². The van der Waals surface area contributed by atoms with E-state index in [9.17, 15) is 8.42 Å². The minimum absolute atomic E-state index is 0.315. The van der Waals surface area contributed by atoms with E-state index in [1.54, 1.807) is 36.4 Å². The molecule has 0 saturated heterocycles. The summed E-state index contributed by atoms with van der Waals surface area (Å²) in [4.78, 5) is 5.33. The van der Waals surface area contributed by atoms with Crippen molar-refractivity contribution in [2.45, 2.75) is 29.2 Å². The summed E-state index contributed by atoms with van der Waals surface area (Å²) in [5.41, 5.74) is 0. The van der Waals surface area contributed by atoms with Crippen LogP contribution in [0.4, 0.5) is 0 Å². The summed E-state index contributed by atoms with van der Waals surface area (Å²) in [6.07, 6.45) is 9.06. The molecule has 7 heteroatoms. The minimum Gasteiger partial charge on any atom is -0.337 e. The molecule has 1 aromatic carbocycles. The van der Waals surface area contributed by atoms with Crippen LogP contribution >= 0.6 is 11.8 Å².